The molecule has 0 bridgehead atoms. The molecule has 0 radical (unpaired) electrons. The number of nitrogens with one attached hydrogen (secondary N) is 5. The molecule has 10 aromatic carbocycles. The summed E-state index contributed by atoms with van der Waals surface area (Å²) < 4.78 is 122. The molecule has 126 heavy (non-hydrogen) atoms. The number of hydrogen-bond donors (Lipinski definition) is 5. The maximum Gasteiger partial charge on any atom is 0.416 e. The van der Waals surface area contributed by atoms with E-state index in [9.17, 15) is 54.7 Å². The Morgan fingerprint density at radius 3 is 1.06 bits per heavy atom. The predicted molar refractivity (Wildman–Crippen MR) is 466 cm³/mol. The summed E-state index contributed by atoms with van der Waals surface area (Å²) in [6.45, 7) is 5.73. The molecule has 22 nitrogen and oxygen atoms in total. The van der Waals surface area contributed by atoms with E-state index in [0.717, 1.165) is 51.5 Å². The summed E-state index contributed by atoms with van der Waals surface area (Å²) in [5.41, 5.74) is 4.85. The first kappa shape index (κ1) is 90.8. The molecular weight excluding hydrogens is 1720 g/mol. The highest BCUT2D eigenvalue weighted by Crippen LogP contribution is 2.39. The van der Waals surface area contributed by atoms with Crippen molar-refractivity contribution in [2.24, 2.45) is 0 Å². The van der Waals surface area contributed by atoms with Gasteiger partial charge in [0.05, 0.1) is 60.1 Å². The van der Waals surface area contributed by atoms with Gasteiger partial charge >= 0.3 is 12.4 Å². The molecule has 5 aromatic heterocycles. The summed E-state index contributed by atoms with van der Waals surface area (Å²) in [6.07, 6.45) is 13.7. The minimum absolute atomic E-state index is 0.0387. The molecular formula is C95H69BrClF7N12O10. The molecule has 0 unspecified atom stereocenters. The van der Waals surface area contributed by atoms with Crippen LogP contribution in [0.5, 0.6) is 57.5 Å². The zero-order chi connectivity index (χ0) is 89.5. The molecule has 0 saturated heterocycles. The number of halogens is 9. The van der Waals surface area contributed by atoms with Crippen LogP contribution in [-0.2, 0) is 12.4 Å². The van der Waals surface area contributed by atoms with Gasteiger partial charge < -0.3 is 50.3 Å². The Hall–Kier alpha value is -16.0. The molecule has 5 heterocycles. The molecule has 0 spiro atoms. The van der Waals surface area contributed by atoms with Gasteiger partial charge in [-0.25, -0.2) is 24.3 Å². The topological polar surface area (TPSA) is 282 Å². The Morgan fingerprint density at radius 2 is 0.675 bits per heavy atom. The van der Waals surface area contributed by atoms with Crippen LogP contribution in [0.4, 0.5) is 59.2 Å². The minimum Gasteiger partial charge on any atom is -0.456 e. The van der Waals surface area contributed by atoms with Gasteiger partial charge in [0.1, 0.15) is 64.5 Å². The number of ether oxygens (including phenoxy) is 5. The van der Waals surface area contributed by atoms with Gasteiger partial charge in [-0.15, -0.1) is 6.42 Å². The molecule has 0 aliphatic heterocycles. The molecule has 0 aliphatic rings. The van der Waals surface area contributed by atoms with Gasteiger partial charge in [-0.1, -0.05) is 105 Å². The lowest BCUT2D eigenvalue weighted by Crippen LogP contribution is -2.13. The van der Waals surface area contributed by atoms with Crippen molar-refractivity contribution in [3.8, 4) is 69.8 Å². The third-order valence-electron chi connectivity index (χ3n) is 16.8. The second kappa shape index (κ2) is 44.0. The monoisotopic (exact) mass is 1780 g/mol. The molecule has 0 saturated carbocycles. The van der Waals surface area contributed by atoms with Crippen LogP contribution < -0.4 is 50.3 Å². The molecule has 5 N–H and O–H groups in total. The first-order chi connectivity index (χ1) is 60.6. The van der Waals surface area contributed by atoms with Gasteiger partial charge in [0, 0.05) is 115 Å². The first-order valence-corrected chi connectivity index (χ1v) is 38.6. The normalized spacial score (nSPS) is 10.5. The fourth-order valence-corrected chi connectivity index (χ4v) is 11.8. The van der Waals surface area contributed by atoms with Crippen LogP contribution in [0, 0.1) is 38.9 Å². The number of rotatable bonds is 20. The smallest absolute Gasteiger partial charge is 0.416 e. The van der Waals surface area contributed by atoms with Crippen LogP contribution in [0.2, 0.25) is 5.02 Å². The summed E-state index contributed by atoms with van der Waals surface area (Å²) in [5, 5.41) is 13.6. The Balaban J connectivity index is 0.000000153. The van der Waals surface area contributed by atoms with E-state index in [-0.39, 0.29) is 62.3 Å². The number of nitrogens with zero attached hydrogens (tertiary/aromatic N) is 7. The van der Waals surface area contributed by atoms with Crippen LogP contribution in [-0.4, -0.2) is 64.4 Å². The van der Waals surface area contributed by atoms with E-state index in [1.54, 1.807) is 140 Å². The lowest BCUT2D eigenvalue weighted by atomic mass is 10.1. The summed E-state index contributed by atoms with van der Waals surface area (Å²) in [7, 11) is 0. The van der Waals surface area contributed by atoms with Crippen LogP contribution in [0.1, 0.15) is 85.2 Å². The van der Waals surface area contributed by atoms with Crippen LogP contribution in [0.25, 0.3) is 0 Å². The molecule has 15 aromatic rings. The Kier molecular flexibility index (Phi) is 31.7. The Bertz CT molecular complexity index is 6340. The summed E-state index contributed by atoms with van der Waals surface area (Å²) in [4.78, 5) is 88.5. The van der Waals surface area contributed by atoms with Gasteiger partial charge in [-0.05, 0) is 191 Å². The van der Waals surface area contributed by atoms with Gasteiger partial charge in [0.15, 0.2) is 11.5 Å². The highest BCUT2D eigenvalue weighted by atomic mass is 79.9. The fraction of sp³-hybridized carbons (Fsp3) is 0.0526. The van der Waals surface area contributed by atoms with Crippen molar-refractivity contribution in [3.63, 3.8) is 0 Å². The molecule has 31 heteroatoms. The third-order valence-corrected chi connectivity index (χ3v) is 17.5. The number of hydrogen-bond acceptors (Lipinski definition) is 17. The number of alkyl halides is 6. The van der Waals surface area contributed by atoms with Crippen molar-refractivity contribution in [3.05, 3.63) is 406 Å². The van der Waals surface area contributed by atoms with E-state index in [2.05, 4.69) is 83.3 Å². The number of amides is 5. The van der Waals surface area contributed by atoms with Crippen LogP contribution in [0.3, 0.4) is 0 Å². The molecule has 15 rings (SSSR count). The van der Waals surface area contributed by atoms with Gasteiger partial charge in [0.25, 0.3) is 29.5 Å². The number of carbonyl (C=O) groups is 5. The number of aryl methyl sites for hydroxylation is 3. The number of carbonyl (C=O) groups excluding carboxylic acids is 5. The van der Waals surface area contributed by atoms with E-state index in [1.807, 2.05) is 106 Å². The van der Waals surface area contributed by atoms with Gasteiger partial charge in [0.2, 0.25) is 0 Å². The van der Waals surface area contributed by atoms with Gasteiger partial charge in [-0.2, -0.15) is 26.3 Å². The average molecular weight is 1790 g/mol. The molecule has 632 valence electrons. The second-order valence-corrected chi connectivity index (χ2v) is 28.0. The predicted octanol–water partition coefficient (Wildman–Crippen LogP) is 23.9. The summed E-state index contributed by atoms with van der Waals surface area (Å²) >= 11 is 9.24. The van der Waals surface area contributed by atoms with E-state index in [1.165, 1.54) is 73.8 Å². The van der Waals surface area contributed by atoms with Crippen molar-refractivity contribution in [1.29, 1.82) is 0 Å². The molecule has 0 fully saturated rings. The van der Waals surface area contributed by atoms with Crippen molar-refractivity contribution in [1.82, 2.24) is 34.9 Å². The van der Waals surface area contributed by atoms with E-state index in [4.69, 9.17) is 41.7 Å². The zero-order valence-electron chi connectivity index (χ0n) is 66.4. The standard InChI is InChI=1S/C20H12F3N3O2.C19H15BrN2O2.C19H14F3N3O2.C19H16N2O2.C18H12ClFN2O2/c1-2-13-4-3-5-14(6-13)19(27)26-16-7-15(20(21,22)23)8-17(9-16)28-18-10-24-12-25-11-18;1-13-4-2-5-14(8-13)19(23)22-16-9-15(20)10-18(11-16)24-17-6-3-7-21-12-17;1-12-3-2-4-13(5-12)18(26)25-15-6-14(19(20,21)22)7-16(8-15)27-17-9-23-11-24-10-17;1-14-5-2-6-15(11-14)19(22)21-16-7-3-8-17(12-16)23-18-9-4-10-20-13-18;19-12-6-7-17(20)16(9-12)18(23)22-13-3-1-4-14(10-13)24-15-5-2-8-21-11-15/h1,3-12H,(H,26,27);2-12H,1H3,(H,22,23);2-11H,1H3,(H,25,26);2-13H,1H3,(H,21,22);1-11H,(H,22,23). The minimum atomic E-state index is -4.63. The maximum atomic E-state index is 13.7. The summed E-state index contributed by atoms with van der Waals surface area (Å²) in [6, 6.07) is 67.8. The van der Waals surface area contributed by atoms with E-state index < -0.39 is 47.0 Å². The van der Waals surface area contributed by atoms with E-state index in [0.29, 0.717) is 73.8 Å². The number of benzene rings is 10. The molecule has 5 amide bonds. The molecule has 0 atom stereocenters. The SMILES string of the molecule is C#Cc1cccc(C(=O)Nc2cc(Oc3cncnc3)cc(C(F)(F)F)c2)c1.Cc1cccc(C(=O)Nc2cc(Br)cc(Oc3cccnc3)c2)c1.Cc1cccc(C(=O)Nc2cc(Oc3cncnc3)cc(C(F)(F)F)c2)c1.Cc1cccc(C(=O)Nc2cccc(Oc3cccnc3)c2)c1.O=C(Nc1cccc(Oc2cccnc2)c1)c1cc(Cl)ccc1F. The Labute approximate surface area is 730 Å². The van der Waals surface area contributed by atoms with Crippen LogP contribution in [0.15, 0.2) is 334 Å². The lowest BCUT2D eigenvalue weighted by Gasteiger charge is -2.13. The highest BCUT2D eigenvalue weighted by molar-refractivity contribution is 9.10. The van der Waals surface area contributed by atoms with Gasteiger partial charge in [-0.3, -0.25) is 38.9 Å². The number of anilines is 5. The zero-order valence-corrected chi connectivity index (χ0v) is 68.7. The summed E-state index contributed by atoms with van der Waals surface area (Å²) in [5.74, 6) is 3.45. The van der Waals surface area contributed by atoms with Crippen molar-refractivity contribution in [2.45, 2.75) is 33.1 Å². The van der Waals surface area contributed by atoms with Crippen LogP contribution >= 0.6 is 27.5 Å². The average Bonchev–Trinajstić information content (AvgIpc) is 0.817. The Morgan fingerprint density at radius 1 is 0.341 bits per heavy atom. The van der Waals surface area contributed by atoms with E-state index >= 15 is 0 Å². The number of pyridine rings is 3. The highest BCUT2D eigenvalue weighted by Gasteiger charge is 2.33. The number of terminal acetylenes is 1. The van der Waals surface area contributed by atoms with Crippen molar-refractivity contribution < 1.29 is 78.4 Å². The lowest BCUT2D eigenvalue weighted by molar-refractivity contribution is -0.138. The maximum absolute atomic E-state index is 13.7. The van der Waals surface area contributed by atoms with Crippen molar-refractivity contribution >= 4 is 85.5 Å². The quantitative estimate of drug-likeness (QED) is 0.0350. The number of aromatic nitrogens is 7. The fourth-order valence-electron chi connectivity index (χ4n) is 11.1. The largest absolute Gasteiger partial charge is 0.456 e. The second-order valence-electron chi connectivity index (χ2n) is 26.7. The first-order valence-electron chi connectivity index (χ1n) is 37.4. The molecule has 0 aliphatic carbocycles. The van der Waals surface area contributed by atoms with Crippen molar-refractivity contribution in [2.75, 3.05) is 26.6 Å². The third kappa shape index (κ3) is 28.9.